The van der Waals surface area contributed by atoms with E-state index < -0.39 is 11.6 Å². The predicted octanol–water partition coefficient (Wildman–Crippen LogP) is 1.12. The van der Waals surface area contributed by atoms with Crippen LogP contribution in [0.4, 0.5) is 5.69 Å². The zero-order chi connectivity index (χ0) is 18.1. The van der Waals surface area contributed by atoms with Crippen LogP contribution < -0.4 is 11.3 Å². The van der Waals surface area contributed by atoms with E-state index in [1.807, 2.05) is 19.9 Å². The number of carbonyl (C=O) groups is 1. The maximum atomic E-state index is 12.7. The van der Waals surface area contributed by atoms with E-state index in [0.717, 1.165) is 16.0 Å². The summed E-state index contributed by atoms with van der Waals surface area (Å²) >= 11 is 0. The van der Waals surface area contributed by atoms with Gasteiger partial charge in [-0.3, -0.25) is 9.59 Å². The summed E-state index contributed by atoms with van der Waals surface area (Å²) in [5, 5.41) is 4.38. The molecular formula is C17H22N4O4. The maximum absolute atomic E-state index is 12.7. The number of hydrogen-bond donors (Lipinski definition) is 1. The lowest BCUT2D eigenvalue weighted by Crippen LogP contribution is -2.45. The molecule has 1 atom stereocenters. The van der Waals surface area contributed by atoms with E-state index >= 15 is 0 Å². The Morgan fingerprint density at radius 2 is 1.96 bits per heavy atom. The first-order chi connectivity index (χ1) is 11.9. The Morgan fingerprint density at radius 1 is 1.28 bits per heavy atom. The Kier molecular flexibility index (Phi) is 4.63. The molecular weight excluding hydrogens is 324 g/mol. The summed E-state index contributed by atoms with van der Waals surface area (Å²) in [5.41, 5.74) is 6.71. The van der Waals surface area contributed by atoms with Gasteiger partial charge in [0.25, 0.3) is 5.56 Å². The number of anilines is 1. The third kappa shape index (κ3) is 3.30. The smallest absolute Gasteiger partial charge is 0.290 e. The molecule has 2 aromatic rings. The minimum Gasteiger partial charge on any atom is -0.466 e. The van der Waals surface area contributed by atoms with E-state index in [-0.39, 0.29) is 11.6 Å². The molecule has 0 spiro atoms. The van der Waals surface area contributed by atoms with Gasteiger partial charge in [0.1, 0.15) is 23.2 Å². The number of rotatable bonds is 3. The van der Waals surface area contributed by atoms with Crippen molar-refractivity contribution in [1.29, 1.82) is 0 Å². The molecule has 8 heteroatoms. The minimum absolute atomic E-state index is 0.0462. The highest BCUT2D eigenvalue weighted by molar-refractivity contribution is 5.80. The first kappa shape index (κ1) is 17.2. The lowest BCUT2D eigenvalue weighted by atomic mass is 10.1. The summed E-state index contributed by atoms with van der Waals surface area (Å²) < 4.78 is 11.9. The number of carbonyl (C=O) groups excluding carboxylic acids is 1. The summed E-state index contributed by atoms with van der Waals surface area (Å²) in [4.78, 5) is 26.8. The lowest BCUT2D eigenvalue weighted by Gasteiger charge is -2.29. The Bertz CT molecular complexity index is 849. The Morgan fingerprint density at radius 3 is 2.56 bits per heavy atom. The van der Waals surface area contributed by atoms with Crippen molar-refractivity contribution in [1.82, 2.24) is 14.7 Å². The molecule has 8 nitrogen and oxygen atoms in total. The van der Waals surface area contributed by atoms with Gasteiger partial charge in [-0.2, -0.15) is 5.10 Å². The van der Waals surface area contributed by atoms with E-state index in [1.54, 1.807) is 11.8 Å². The number of aromatic nitrogens is 2. The van der Waals surface area contributed by atoms with Gasteiger partial charge in [-0.1, -0.05) is 0 Å². The highest BCUT2D eigenvalue weighted by Crippen LogP contribution is 2.25. The molecule has 1 fully saturated rings. The molecule has 1 saturated heterocycles. The van der Waals surface area contributed by atoms with Gasteiger partial charge < -0.3 is 19.8 Å². The normalized spacial score (nSPS) is 16.0. The Hall–Kier alpha value is -2.61. The summed E-state index contributed by atoms with van der Waals surface area (Å²) in [7, 11) is 0. The predicted molar refractivity (Wildman–Crippen MR) is 92.2 cm³/mol. The topological polar surface area (TPSA) is 104 Å². The van der Waals surface area contributed by atoms with Crippen LogP contribution in [0, 0.1) is 13.8 Å². The van der Waals surface area contributed by atoms with Crippen molar-refractivity contribution >= 4 is 11.6 Å². The molecule has 3 heterocycles. The van der Waals surface area contributed by atoms with E-state index in [9.17, 15) is 9.59 Å². The molecule has 0 unspecified atom stereocenters. The number of amides is 1. The molecule has 1 aliphatic heterocycles. The molecule has 2 N–H and O–H groups in total. The van der Waals surface area contributed by atoms with Crippen LogP contribution in [0.25, 0.3) is 11.3 Å². The minimum atomic E-state index is -0.749. The van der Waals surface area contributed by atoms with Gasteiger partial charge in [0.2, 0.25) is 5.91 Å². The van der Waals surface area contributed by atoms with Crippen LogP contribution in [-0.4, -0.2) is 46.9 Å². The summed E-state index contributed by atoms with van der Waals surface area (Å²) in [6, 6.07) is 2.60. The third-order valence-electron chi connectivity index (χ3n) is 4.33. The van der Waals surface area contributed by atoms with E-state index in [0.29, 0.717) is 37.8 Å². The van der Waals surface area contributed by atoms with E-state index in [1.165, 1.54) is 6.07 Å². The van der Waals surface area contributed by atoms with Gasteiger partial charge in [0.05, 0.1) is 18.9 Å². The van der Waals surface area contributed by atoms with Crippen molar-refractivity contribution in [2.24, 2.45) is 0 Å². The summed E-state index contributed by atoms with van der Waals surface area (Å²) in [5.74, 6) is 1.25. The first-order valence-corrected chi connectivity index (χ1v) is 8.21. The molecule has 0 aliphatic carbocycles. The standard InChI is InChI=1S/C17H22N4O4/c1-10-8-13(12(3)25-10)15-9-14(18)17(23)21(19-15)11(2)16(22)20-4-6-24-7-5-20/h8-9,11H,4-7,18H2,1-3H3/t11-/m1/s1. The number of furan rings is 1. The van der Waals surface area contributed by atoms with Gasteiger partial charge in [-0.15, -0.1) is 0 Å². The van der Waals surface area contributed by atoms with E-state index in [4.69, 9.17) is 14.9 Å². The number of nitrogens with zero attached hydrogens (tertiary/aromatic N) is 3. The van der Waals surface area contributed by atoms with Crippen LogP contribution in [0.15, 0.2) is 21.3 Å². The molecule has 1 amide bonds. The van der Waals surface area contributed by atoms with Crippen molar-refractivity contribution in [3.05, 3.63) is 34.0 Å². The number of morpholine rings is 1. The second kappa shape index (κ2) is 6.72. The Labute approximate surface area is 145 Å². The molecule has 25 heavy (non-hydrogen) atoms. The van der Waals surface area contributed by atoms with Crippen LogP contribution in [0.1, 0.15) is 24.5 Å². The first-order valence-electron chi connectivity index (χ1n) is 8.21. The highest BCUT2D eigenvalue weighted by Gasteiger charge is 2.26. The third-order valence-corrected chi connectivity index (χ3v) is 4.33. The Balaban J connectivity index is 1.99. The number of nitrogen functional groups attached to an aromatic ring is 1. The fourth-order valence-electron chi connectivity index (χ4n) is 2.96. The van der Waals surface area contributed by atoms with Crippen LogP contribution in [-0.2, 0) is 9.53 Å². The monoisotopic (exact) mass is 346 g/mol. The summed E-state index contributed by atoms with van der Waals surface area (Å²) in [6.07, 6.45) is 0. The van der Waals surface area contributed by atoms with Crippen molar-refractivity contribution in [3.8, 4) is 11.3 Å². The maximum Gasteiger partial charge on any atom is 0.290 e. The van der Waals surface area contributed by atoms with Crippen LogP contribution in [0.5, 0.6) is 0 Å². The second-order valence-electron chi connectivity index (χ2n) is 6.18. The number of aryl methyl sites for hydroxylation is 2. The van der Waals surface area contributed by atoms with Crippen LogP contribution >= 0.6 is 0 Å². The highest BCUT2D eigenvalue weighted by atomic mass is 16.5. The van der Waals surface area contributed by atoms with Gasteiger partial charge >= 0.3 is 0 Å². The molecule has 134 valence electrons. The zero-order valence-corrected chi connectivity index (χ0v) is 14.6. The molecule has 0 aromatic carbocycles. The van der Waals surface area contributed by atoms with E-state index in [2.05, 4.69) is 5.10 Å². The average Bonchev–Trinajstić information content (AvgIpc) is 2.95. The molecule has 2 aromatic heterocycles. The van der Waals surface area contributed by atoms with Gasteiger partial charge in [-0.25, -0.2) is 4.68 Å². The molecule has 0 radical (unpaired) electrons. The number of nitrogens with two attached hydrogens (primary N) is 1. The zero-order valence-electron chi connectivity index (χ0n) is 14.6. The van der Waals surface area contributed by atoms with Crippen LogP contribution in [0.3, 0.4) is 0 Å². The van der Waals surface area contributed by atoms with Gasteiger partial charge in [0, 0.05) is 18.7 Å². The molecule has 3 rings (SSSR count). The fourth-order valence-corrected chi connectivity index (χ4v) is 2.96. The summed E-state index contributed by atoms with van der Waals surface area (Å²) in [6.45, 7) is 7.31. The lowest BCUT2D eigenvalue weighted by molar-refractivity contribution is -0.138. The second-order valence-corrected chi connectivity index (χ2v) is 6.18. The fraction of sp³-hybridized carbons (Fsp3) is 0.471. The molecule has 1 aliphatic rings. The molecule has 0 bridgehead atoms. The number of ether oxygens (including phenoxy) is 1. The SMILES string of the molecule is Cc1cc(-c2cc(N)c(=O)n([C@H](C)C(=O)N3CCOCC3)n2)c(C)o1. The van der Waals surface area contributed by atoms with Crippen molar-refractivity contribution in [2.45, 2.75) is 26.8 Å². The quantitative estimate of drug-likeness (QED) is 0.893. The average molecular weight is 346 g/mol. The van der Waals surface area contributed by atoms with Gasteiger partial charge in [0.15, 0.2) is 0 Å². The van der Waals surface area contributed by atoms with Crippen molar-refractivity contribution in [3.63, 3.8) is 0 Å². The van der Waals surface area contributed by atoms with Crippen molar-refractivity contribution < 1.29 is 13.9 Å². The van der Waals surface area contributed by atoms with Crippen LogP contribution in [0.2, 0.25) is 0 Å². The van der Waals surface area contributed by atoms with Crippen molar-refractivity contribution in [2.75, 3.05) is 32.0 Å². The number of hydrogen-bond acceptors (Lipinski definition) is 6. The largest absolute Gasteiger partial charge is 0.466 e. The van der Waals surface area contributed by atoms with Gasteiger partial charge in [-0.05, 0) is 32.9 Å². The molecule has 0 saturated carbocycles.